The number of fused-ring (bicyclic) bond motifs is 1. The minimum absolute atomic E-state index is 0.194. The van der Waals surface area contributed by atoms with Crippen molar-refractivity contribution in [3.63, 3.8) is 0 Å². The van der Waals surface area contributed by atoms with E-state index in [2.05, 4.69) is 10.0 Å². The lowest BCUT2D eigenvalue weighted by Crippen LogP contribution is -2.57. The Labute approximate surface area is 130 Å². The van der Waals surface area contributed by atoms with Gasteiger partial charge < -0.3 is 19.1 Å². The molecule has 2 heterocycles. The predicted octanol–water partition coefficient (Wildman–Crippen LogP) is 2.83. The number of likely N-dealkylation sites (tertiary alicyclic amines) is 1. The molecule has 0 radical (unpaired) electrons. The number of nitrogens with zero attached hydrogens (tertiary/aromatic N) is 4. The summed E-state index contributed by atoms with van der Waals surface area (Å²) in [7, 11) is 0. The molecule has 2 saturated heterocycles. The van der Waals surface area contributed by atoms with Gasteiger partial charge in [-0.2, -0.15) is 0 Å². The normalized spacial score (nSPS) is 30.4. The number of carbonyl (C=O) groups is 1. The summed E-state index contributed by atoms with van der Waals surface area (Å²) in [4.78, 5) is 16.6. The summed E-state index contributed by atoms with van der Waals surface area (Å²) in [6.45, 7) is 10.2. The van der Waals surface area contributed by atoms with Gasteiger partial charge in [0.2, 0.25) is 0 Å². The standard InChI is InChI=1S/C14H24N4O4/c1-12(2,3)21-11(19)18-7-6-14(9-16-17-15)10(8-18)20-13(4,5)22-14/h10H,6-9H2,1-5H3. The van der Waals surface area contributed by atoms with Crippen molar-refractivity contribution in [2.45, 2.75) is 64.1 Å². The molecule has 0 saturated carbocycles. The van der Waals surface area contributed by atoms with Crippen LogP contribution in [-0.4, -0.2) is 53.7 Å². The summed E-state index contributed by atoms with van der Waals surface area (Å²) >= 11 is 0. The Bertz CT molecular complexity index is 496. The van der Waals surface area contributed by atoms with Crippen LogP contribution in [0.5, 0.6) is 0 Å². The molecule has 1 amide bonds. The lowest BCUT2D eigenvalue weighted by Gasteiger charge is -2.41. The van der Waals surface area contributed by atoms with Crippen molar-refractivity contribution in [2.24, 2.45) is 5.11 Å². The molecule has 2 aliphatic heterocycles. The van der Waals surface area contributed by atoms with Gasteiger partial charge in [0.15, 0.2) is 5.79 Å². The lowest BCUT2D eigenvalue weighted by molar-refractivity contribution is -0.161. The summed E-state index contributed by atoms with van der Waals surface area (Å²) in [5.74, 6) is -0.764. The topological polar surface area (TPSA) is 96.8 Å². The molecule has 0 spiro atoms. The summed E-state index contributed by atoms with van der Waals surface area (Å²) in [6, 6.07) is 0. The van der Waals surface area contributed by atoms with Crippen LogP contribution >= 0.6 is 0 Å². The Kier molecular flexibility index (Phi) is 4.30. The molecular formula is C14H24N4O4. The molecule has 8 nitrogen and oxygen atoms in total. The Morgan fingerprint density at radius 1 is 1.50 bits per heavy atom. The zero-order valence-corrected chi connectivity index (χ0v) is 13.8. The van der Waals surface area contributed by atoms with E-state index in [1.807, 2.05) is 34.6 Å². The molecule has 22 heavy (non-hydrogen) atoms. The van der Waals surface area contributed by atoms with Crippen molar-refractivity contribution in [3.8, 4) is 0 Å². The van der Waals surface area contributed by atoms with Crippen LogP contribution in [0.1, 0.15) is 41.0 Å². The molecule has 0 N–H and O–H groups in total. The summed E-state index contributed by atoms with van der Waals surface area (Å²) in [5.41, 5.74) is 7.38. The van der Waals surface area contributed by atoms with Gasteiger partial charge in [0.25, 0.3) is 0 Å². The second kappa shape index (κ2) is 5.61. The van der Waals surface area contributed by atoms with Crippen LogP contribution < -0.4 is 0 Å². The first-order valence-corrected chi connectivity index (χ1v) is 7.44. The number of rotatable bonds is 2. The Hall–Kier alpha value is -1.50. The maximum atomic E-state index is 12.2. The van der Waals surface area contributed by atoms with Crippen LogP contribution in [0.15, 0.2) is 5.11 Å². The molecular weight excluding hydrogens is 288 g/mol. The number of carbonyl (C=O) groups excluding carboxylic acids is 1. The molecule has 124 valence electrons. The molecule has 2 fully saturated rings. The zero-order valence-electron chi connectivity index (χ0n) is 13.8. The van der Waals surface area contributed by atoms with Gasteiger partial charge in [0.1, 0.15) is 17.3 Å². The fraction of sp³-hybridized carbons (Fsp3) is 0.929. The van der Waals surface area contributed by atoms with E-state index < -0.39 is 17.0 Å². The Morgan fingerprint density at radius 2 is 2.18 bits per heavy atom. The fourth-order valence-electron chi connectivity index (χ4n) is 2.92. The van der Waals surface area contributed by atoms with Gasteiger partial charge in [0, 0.05) is 11.5 Å². The van der Waals surface area contributed by atoms with Gasteiger partial charge in [-0.25, -0.2) is 4.79 Å². The van der Waals surface area contributed by atoms with Gasteiger partial charge >= 0.3 is 6.09 Å². The monoisotopic (exact) mass is 312 g/mol. The zero-order chi connectivity index (χ0) is 16.6. The molecule has 0 aromatic carbocycles. The van der Waals surface area contributed by atoms with Crippen LogP contribution in [-0.2, 0) is 14.2 Å². The second-order valence-electron chi connectivity index (χ2n) is 7.24. The van der Waals surface area contributed by atoms with Gasteiger partial charge in [0.05, 0.1) is 13.1 Å². The number of azide groups is 1. The molecule has 0 bridgehead atoms. The molecule has 2 rings (SSSR count). The molecule has 8 heteroatoms. The number of hydrogen-bond donors (Lipinski definition) is 0. The maximum absolute atomic E-state index is 12.2. The van der Waals surface area contributed by atoms with E-state index in [1.165, 1.54) is 0 Å². The first-order valence-electron chi connectivity index (χ1n) is 7.44. The van der Waals surface area contributed by atoms with Crippen molar-refractivity contribution >= 4 is 6.09 Å². The highest BCUT2D eigenvalue weighted by atomic mass is 16.8. The Balaban J connectivity index is 2.11. The third-order valence-corrected chi connectivity index (χ3v) is 3.71. The van der Waals surface area contributed by atoms with Gasteiger partial charge in [-0.05, 0) is 46.6 Å². The van der Waals surface area contributed by atoms with Crippen LogP contribution in [0.2, 0.25) is 0 Å². The lowest BCUT2D eigenvalue weighted by atomic mass is 9.89. The smallest absolute Gasteiger partial charge is 0.410 e. The van der Waals surface area contributed by atoms with Crippen molar-refractivity contribution in [1.29, 1.82) is 0 Å². The van der Waals surface area contributed by atoms with Crippen LogP contribution in [0, 0.1) is 0 Å². The third-order valence-electron chi connectivity index (χ3n) is 3.71. The number of piperidine rings is 1. The minimum Gasteiger partial charge on any atom is -0.444 e. The number of amides is 1. The third kappa shape index (κ3) is 3.63. The van der Waals surface area contributed by atoms with E-state index in [9.17, 15) is 4.79 Å². The van der Waals surface area contributed by atoms with E-state index in [4.69, 9.17) is 19.7 Å². The van der Waals surface area contributed by atoms with E-state index in [0.29, 0.717) is 19.5 Å². The molecule has 2 unspecified atom stereocenters. The van der Waals surface area contributed by atoms with Crippen molar-refractivity contribution in [2.75, 3.05) is 19.6 Å². The van der Waals surface area contributed by atoms with Crippen molar-refractivity contribution in [1.82, 2.24) is 4.90 Å². The van der Waals surface area contributed by atoms with Gasteiger partial charge in [-0.15, -0.1) is 0 Å². The number of hydrogen-bond acceptors (Lipinski definition) is 5. The highest BCUT2D eigenvalue weighted by Gasteiger charge is 2.55. The summed E-state index contributed by atoms with van der Waals surface area (Å²) in [6.07, 6.45) is -0.160. The fourth-order valence-corrected chi connectivity index (χ4v) is 2.92. The molecule has 0 aliphatic carbocycles. The highest BCUT2D eigenvalue weighted by molar-refractivity contribution is 5.68. The van der Waals surface area contributed by atoms with Gasteiger partial charge in [-0.3, -0.25) is 0 Å². The summed E-state index contributed by atoms with van der Waals surface area (Å²) < 4.78 is 17.3. The summed E-state index contributed by atoms with van der Waals surface area (Å²) in [5, 5.41) is 3.66. The second-order valence-corrected chi connectivity index (χ2v) is 7.24. The highest BCUT2D eigenvalue weighted by Crippen LogP contribution is 2.42. The SMILES string of the molecule is CC(C)(C)OC(=O)N1CCC2(CN=[N+]=[N-])OC(C)(C)OC2C1. The van der Waals surface area contributed by atoms with Gasteiger partial charge in [-0.1, -0.05) is 5.11 Å². The molecule has 0 aromatic heterocycles. The van der Waals surface area contributed by atoms with E-state index in [1.54, 1.807) is 4.90 Å². The predicted molar refractivity (Wildman–Crippen MR) is 79.2 cm³/mol. The quantitative estimate of drug-likeness (QED) is 0.445. The van der Waals surface area contributed by atoms with Crippen LogP contribution in [0.25, 0.3) is 10.4 Å². The molecule has 0 aromatic rings. The molecule has 2 aliphatic rings. The first kappa shape index (κ1) is 16.9. The largest absolute Gasteiger partial charge is 0.444 e. The van der Waals surface area contributed by atoms with Crippen molar-refractivity contribution < 1.29 is 19.0 Å². The minimum atomic E-state index is -0.764. The average molecular weight is 312 g/mol. The van der Waals surface area contributed by atoms with E-state index in [0.717, 1.165) is 0 Å². The van der Waals surface area contributed by atoms with E-state index >= 15 is 0 Å². The first-order chi connectivity index (χ1) is 10.1. The van der Waals surface area contributed by atoms with E-state index in [-0.39, 0.29) is 18.7 Å². The molecule has 2 atom stereocenters. The number of ether oxygens (including phenoxy) is 3. The van der Waals surface area contributed by atoms with Crippen LogP contribution in [0.3, 0.4) is 0 Å². The average Bonchev–Trinajstić information content (AvgIpc) is 2.63. The van der Waals surface area contributed by atoms with Crippen LogP contribution in [0.4, 0.5) is 4.79 Å². The Morgan fingerprint density at radius 3 is 2.77 bits per heavy atom. The van der Waals surface area contributed by atoms with Crippen molar-refractivity contribution in [3.05, 3.63) is 10.4 Å². The maximum Gasteiger partial charge on any atom is 0.410 e.